The molecule has 0 aliphatic carbocycles. The van der Waals surface area contributed by atoms with Gasteiger partial charge in [-0.15, -0.1) is 0 Å². The first-order chi connectivity index (χ1) is 12.8. The molecule has 0 aliphatic heterocycles. The molecule has 0 saturated carbocycles. The summed E-state index contributed by atoms with van der Waals surface area (Å²) < 4.78 is 4.95. The lowest BCUT2D eigenvalue weighted by Crippen LogP contribution is -2.26. The zero-order valence-electron chi connectivity index (χ0n) is 16.3. The summed E-state index contributed by atoms with van der Waals surface area (Å²) in [6.07, 6.45) is 3.63. The van der Waals surface area contributed by atoms with Crippen molar-refractivity contribution in [3.05, 3.63) is 59.4 Å². The molecule has 0 radical (unpaired) electrons. The number of amides is 2. The maximum absolute atomic E-state index is 12.7. The molecule has 2 amide bonds. The van der Waals surface area contributed by atoms with Crippen molar-refractivity contribution in [2.24, 2.45) is 0 Å². The summed E-state index contributed by atoms with van der Waals surface area (Å²) >= 11 is 0. The van der Waals surface area contributed by atoms with Gasteiger partial charge in [0.1, 0.15) is 0 Å². The molecule has 6 heteroatoms. The molecular weight excluding hydrogens is 342 g/mol. The van der Waals surface area contributed by atoms with Gasteiger partial charge < -0.3 is 15.4 Å². The number of benzene rings is 1. The van der Waals surface area contributed by atoms with Gasteiger partial charge in [0, 0.05) is 38.3 Å². The average Bonchev–Trinajstić information content (AvgIpc) is 2.64. The summed E-state index contributed by atoms with van der Waals surface area (Å²) in [5.41, 5.74) is 2.38. The number of rotatable bonds is 7. The number of nitrogens with zero attached hydrogens (tertiary/aromatic N) is 1. The second kappa shape index (κ2) is 9.28. The zero-order chi connectivity index (χ0) is 19.9. The van der Waals surface area contributed by atoms with Crippen molar-refractivity contribution in [3.63, 3.8) is 0 Å². The predicted molar refractivity (Wildman–Crippen MR) is 106 cm³/mol. The molecule has 6 nitrogen and oxygen atoms in total. The van der Waals surface area contributed by atoms with Crippen LogP contribution in [-0.4, -0.2) is 37.1 Å². The van der Waals surface area contributed by atoms with Crippen LogP contribution in [0.15, 0.2) is 42.7 Å². The van der Waals surface area contributed by atoms with Crippen LogP contribution in [0.25, 0.3) is 0 Å². The molecule has 0 spiro atoms. The highest BCUT2D eigenvalue weighted by molar-refractivity contribution is 6.06. The van der Waals surface area contributed by atoms with Crippen LogP contribution in [0.5, 0.6) is 0 Å². The van der Waals surface area contributed by atoms with E-state index in [0.29, 0.717) is 24.3 Å². The second-order valence-corrected chi connectivity index (χ2v) is 7.31. The van der Waals surface area contributed by atoms with E-state index in [0.717, 1.165) is 17.7 Å². The Labute approximate surface area is 160 Å². The molecule has 1 aromatic carbocycles. The summed E-state index contributed by atoms with van der Waals surface area (Å²) in [6.45, 7) is 7.35. The van der Waals surface area contributed by atoms with Gasteiger partial charge in [-0.1, -0.05) is 39.0 Å². The van der Waals surface area contributed by atoms with Gasteiger partial charge in [-0.05, 0) is 29.5 Å². The van der Waals surface area contributed by atoms with E-state index in [1.807, 2.05) is 24.3 Å². The highest BCUT2D eigenvalue weighted by atomic mass is 16.5. The van der Waals surface area contributed by atoms with E-state index in [-0.39, 0.29) is 17.2 Å². The lowest BCUT2D eigenvalue weighted by molar-refractivity contribution is 0.0948. The molecule has 2 rings (SSSR count). The van der Waals surface area contributed by atoms with Crippen molar-refractivity contribution in [2.45, 2.75) is 32.6 Å². The molecule has 0 bridgehead atoms. The number of anilines is 1. The van der Waals surface area contributed by atoms with E-state index in [4.69, 9.17) is 4.74 Å². The van der Waals surface area contributed by atoms with E-state index in [2.05, 4.69) is 36.4 Å². The van der Waals surface area contributed by atoms with Crippen molar-refractivity contribution >= 4 is 17.5 Å². The molecule has 1 aromatic heterocycles. The van der Waals surface area contributed by atoms with Crippen LogP contribution in [-0.2, 0) is 10.2 Å². The number of methoxy groups -OCH3 is 1. The Hall–Kier alpha value is -2.73. The van der Waals surface area contributed by atoms with Gasteiger partial charge in [0.25, 0.3) is 11.8 Å². The molecule has 27 heavy (non-hydrogen) atoms. The molecule has 0 unspecified atom stereocenters. The molecular formula is C21H27N3O3. The summed E-state index contributed by atoms with van der Waals surface area (Å²) in [4.78, 5) is 28.9. The van der Waals surface area contributed by atoms with E-state index in [9.17, 15) is 9.59 Å². The highest BCUT2D eigenvalue weighted by Gasteiger charge is 2.19. The number of carbonyl (C=O) groups is 2. The minimum Gasteiger partial charge on any atom is -0.385 e. The average molecular weight is 369 g/mol. The molecule has 2 N–H and O–H groups in total. The smallest absolute Gasteiger partial charge is 0.257 e. The van der Waals surface area contributed by atoms with Crippen LogP contribution >= 0.6 is 0 Å². The first-order valence-electron chi connectivity index (χ1n) is 8.96. The van der Waals surface area contributed by atoms with Crippen LogP contribution in [0.1, 0.15) is 53.5 Å². The second-order valence-electron chi connectivity index (χ2n) is 7.31. The molecule has 0 atom stereocenters. The highest BCUT2D eigenvalue weighted by Crippen LogP contribution is 2.29. The third-order valence-electron chi connectivity index (χ3n) is 4.06. The van der Waals surface area contributed by atoms with E-state index < -0.39 is 0 Å². The minimum absolute atomic E-state index is 0.105. The quantitative estimate of drug-likeness (QED) is 0.733. The summed E-state index contributed by atoms with van der Waals surface area (Å²) in [6, 6.07) is 9.25. The lowest BCUT2D eigenvalue weighted by atomic mass is 9.86. The minimum atomic E-state index is -0.298. The van der Waals surface area contributed by atoms with E-state index in [1.165, 1.54) is 12.4 Å². The monoisotopic (exact) mass is 369 g/mol. The summed E-state index contributed by atoms with van der Waals surface area (Å²) in [5, 5.41) is 5.72. The van der Waals surface area contributed by atoms with E-state index in [1.54, 1.807) is 13.2 Å². The van der Waals surface area contributed by atoms with Crippen molar-refractivity contribution in [3.8, 4) is 0 Å². The molecule has 0 fully saturated rings. The van der Waals surface area contributed by atoms with Gasteiger partial charge in [0.15, 0.2) is 0 Å². The summed E-state index contributed by atoms with van der Waals surface area (Å²) in [5.74, 6) is -0.559. The topological polar surface area (TPSA) is 80.3 Å². The van der Waals surface area contributed by atoms with Crippen LogP contribution in [0.2, 0.25) is 0 Å². The zero-order valence-corrected chi connectivity index (χ0v) is 16.3. The number of hydrogen-bond acceptors (Lipinski definition) is 4. The van der Waals surface area contributed by atoms with Gasteiger partial charge >= 0.3 is 0 Å². The fourth-order valence-corrected chi connectivity index (χ4v) is 2.65. The Bertz CT molecular complexity index is 797. The molecule has 1 heterocycles. The normalized spacial score (nSPS) is 11.1. The Kier molecular flexibility index (Phi) is 7.07. The van der Waals surface area contributed by atoms with Crippen molar-refractivity contribution in [1.82, 2.24) is 10.3 Å². The Balaban J connectivity index is 2.11. The largest absolute Gasteiger partial charge is 0.385 e. The van der Waals surface area contributed by atoms with Gasteiger partial charge in [-0.3, -0.25) is 14.6 Å². The standard InChI is InChI=1S/C21H27N3O3/c1-21(2,3)17-8-5-6-9-18(17)24-20(26)16-12-15(13-22-14-16)19(25)23-10-7-11-27-4/h5-6,8-9,12-14H,7,10-11H2,1-4H3,(H,23,25)(H,24,26). The van der Waals surface area contributed by atoms with Gasteiger partial charge in [-0.2, -0.15) is 0 Å². The molecule has 2 aromatic rings. The lowest BCUT2D eigenvalue weighted by Gasteiger charge is -2.23. The maximum atomic E-state index is 12.7. The molecule has 0 saturated heterocycles. The number of aromatic nitrogens is 1. The summed E-state index contributed by atoms with van der Waals surface area (Å²) in [7, 11) is 1.62. The first-order valence-corrected chi connectivity index (χ1v) is 8.96. The fraction of sp³-hybridized carbons (Fsp3) is 0.381. The van der Waals surface area contributed by atoms with Crippen LogP contribution in [0, 0.1) is 0 Å². The Morgan fingerprint density at radius 2 is 1.74 bits per heavy atom. The van der Waals surface area contributed by atoms with Crippen molar-refractivity contribution in [1.29, 1.82) is 0 Å². The number of hydrogen-bond donors (Lipinski definition) is 2. The number of para-hydroxylation sites is 1. The van der Waals surface area contributed by atoms with Crippen LogP contribution in [0.3, 0.4) is 0 Å². The first kappa shape index (κ1) is 20.6. The van der Waals surface area contributed by atoms with Gasteiger partial charge in [0.2, 0.25) is 0 Å². The maximum Gasteiger partial charge on any atom is 0.257 e. The van der Waals surface area contributed by atoms with Gasteiger partial charge in [0.05, 0.1) is 11.1 Å². The number of pyridine rings is 1. The van der Waals surface area contributed by atoms with Gasteiger partial charge in [-0.25, -0.2) is 0 Å². The Morgan fingerprint density at radius 3 is 2.41 bits per heavy atom. The number of nitrogens with one attached hydrogen (secondary N) is 2. The van der Waals surface area contributed by atoms with Crippen molar-refractivity contribution < 1.29 is 14.3 Å². The van der Waals surface area contributed by atoms with E-state index >= 15 is 0 Å². The number of carbonyl (C=O) groups excluding carboxylic acids is 2. The third-order valence-corrected chi connectivity index (χ3v) is 4.06. The fourth-order valence-electron chi connectivity index (χ4n) is 2.65. The SMILES string of the molecule is COCCCNC(=O)c1cncc(C(=O)Nc2ccccc2C(C)(C)C)c1. The number of ether oxygens (including phenoxy) is 1. The Morgan fingerprint density at radius 1 is 1.07 bits per heavy atom. The van der Waals surface area contributed by atoms with Crippen LogP contribution in [0.4, 0.5) is 5.69 Å². The third kappa shape index (κ3) is 5.89. The van der Waals surface area contributed by atoms with Crippen molar-refractivity contribution in [2.75, 3.05) is 25.6 Å². The molecule has 0 aliphatic rings. The van der Waals surface area contributed by atoms with Crippen LogP contribution < -0.4 is 10.6 Å². The predicted octanol–water partition coefficient (Wildman–Crippen LogP) is 3.40. The molecule has 144 valence electrons.